The van der Waals surface area contributed by atoms with Crippen molar-refractivity contribution in [3.05, 3.63) is 144 Å². The first-order chi connectivity index (χ1) is 63.4. The van der Waals surface area contributed by atoms with E-state index in [4.69, 9.17) is 69.8 Å². The number of nitrogens with zero attached hydrogens (tertiary/aromatic N) is 14. The van der Waals surface area contributed by atoms with Gasteiger partial charge in [-0.25, -0.2) is 69.8 Å². The van der Waals surface area contributed by atoms with Gasteiger partial charge in [0.1, 0.15) is 44.8 Å². The lowest BCUT2D eigenvalue weighted by Gasteiger charge is -2.06. The lowest BCUT2D eigenvalue weighted by atomic mass is 10.0. The molecule has 7 aromatic heterocycles. The van der Waals surface area contributed by atoms with Crippen LogP contribution in [0.5, 0.6) is 0 Å². The molecule has 16 nitrogen and oxygen atoms in total. The molecule has 9 heterocycles. The SMILES string of the molecule is CCCCCCCCCCCCCCCCc1ccc(-c2cnc3c(n2)-c2nc-3nc3[nH]c(nc4nc(nc5[nH]c(n2)c2ncc(-c6ccc(CCCCCCCCCCCCCCCC)cc6)nc52)-c2ncc(-c5ccc(CCCCCCCCCCCCCCCC)cc5)nc2-4)c2ncc(-c4ccc(CCCCCCCCCCCCCCCC)cc4)nc32)cc1. The van der Waals surface area contributed by atoms with E-state index in [1.807, 2.05) is 24.8 Å². The number of benzene rings is 4. The molecule has 128 heavy (non-hydrogen) atoms. The zero-order chi connectivity index (χ0) is 88.0. The summed E-state index contributed by atoms with van der Waals surface area (Å²) in [5.74, 6) is 1.19. The molecule has 16 heteroatoms. The van der Waals surface area contributed by atoms with Crippen LogP contribution in [0.25, 0.3) is 136 Å². The number of rotatable bonds is 64. The summed E-state index contributed by atoms with van der Waals surface area (Å²) in [5.41, 5.74) is 17.2. The number of unbranched alkanes of at least 4 members (excludes halogenated alkanes) is 52. The van der Waals surface area contributed by atoms with E-state index in [1.54, 1.807) is 0 Å². The number of aromatic amines is 2. The molecule has 0 saturated carbocycles. The molecule has 4 aromatic carbocycles. The number of aromatic nitrogens is 16. The molecule has 13 rings (SSSR count). The van der Waals surface area contributed by atoms with Gasteiger partial charge in [-0.05, 0) is 73.6 Å². The van der Waals surface area contributed by atoms with Crippen molar-refractivity contribution in [1.29, 1.82) is 0 Å². The number of nitrogens with one attached hydrogen (secondary N) is 2. The molecule has 0 amide bonds. The van der Waals surface area contributed by atoms with E-state index in [2.05, 4.69) is 135 Å². The molecule has 2 aliphatic heterocycles. The molecule has 0 fully saturated rings. The zero-order valence-corrected chi connectivity index (χ0v) is 79.2. The molecule has 0 radical (unpaired) electrons. The van der Waals surface area contributed by atoms with E-state index in [0.29, 0.717) is 114 Å². The van der Waals surface area contributed by atoms with Crippen LogP contribution in [-0.2, 0) is 25.7 Å². The number of hydrogen-bond acceptors (Lipinski definition) is 14. The third kappa shape index (κ3) is 30.3. The lowest BCUT2D eigenvalue weighted by Crippen LogP contribution is -1.94. The van der Waals surface area contributed by atoms with Gasteiger partial charge < -0.3 is 9.97 Å². The fourth-order valence-corrected chi connectivity index (χ4v) is 18.8. The quantitative estimate of drug-likeness (QED) is 0.0340. The van der Waals surface area contributed by atoms with Crippen molar-refractivity contribution in [3.63, 3.8) is 0 Å². The third-order valence-electron chi connectivity index (χ3n) is 26.9. The fourth-order valence-electron chi connectivity index (χ4n) is 18.8. The maximum atomic E-state index is 5.42. The van der Waals surface area contributed by atoms with E-state index < -0.39 is 0 Å². The van der Waals surface area contributed by atoms with E-state index in [1.165, 1.54) is 382 Å². The van der Waals surface area contributed by atoms with Crippen molar-refractivity contribution >= 4 is 44.7 Å². The standard InChI is InChI=1S/C112H154N16/c1-5-9-13-17-21-25-29-33-37-41-45-49-53-57-61-85-65-73-89(74-66-85)93-81-113-97-101(117-93)109-121-105(97)126-110-103-99(115-83-95(119-103)91-77-69-87(70-78-91)63-59-55-51-47-43-39-35-31-27-23-19-15-11-7-3)107(123-110)128-112-104-100(116-84-96(120-104)92-79-71-88(72-80-92)64-60-56-52-48-44-40-36-32-28-24-20-16-12-8-4)108(124-112)127-111-102-98(106(122-111)125-109)114-82-94(118-102)90-75-67-86(68-76-90)62-58-54-50-46-42-38-34-30-26-22-18-14-10-6-2/h65-84H,5-64H2,1-4H3,(H2,121,122,123,124,125,126,127,128). The Balaban J connectivity index is 0.787. The smallest absolute Gasteiger partial charge is 0.184 e. The Morgan fingerprint density at radius 1 is 0.172 bits per heavy atom. The molecular weight excluding hydrogens is 1570 g/mol. The van der Waals surface area contributed by atoms with Gasteiger partial charge in [0.15, 0.2) is 45.9 Å². The Bertz CT molecular complexity index is 4900. The van der Waals surface area contributed by atoms with Gasteiger partial charge in [-0.15, -0.1) is 0 Å². The van der Waals surface area contributed by atoms with Gasteiger partial charge in [-0.1, -0.05) is 459 Å². The highest BCUT2D eigenvalue weighted by molar-refractivity contribution is 6.02. The van der Waals surface area contributed by atoms with Crippen molar-refractivity contribution < 1.29 is 0 Å². The van der Waals surface area contributed by atoms with Crippen LogP contribution in [0.4, 0.5) is 0 Å². The Hall–Kier alpha value is -9.44. The fraction of sp³-hybridized carbons (Fsp3) is 0.571. The first-order valence-corrected chi connectivity index (χ1v) is 52.1. The topological polar surface area (TPSA) is 212 Å². The number of fused-ring (bicyclic) bond motifs is 20. The molecule has 682 valence electrons. The summed E-state index contributed by atoms with van der Waals surface area (Å²) in [7, 11) is 0. The molecule has 0 unspecified atom stereocenters. The average Bonchev–Trinajstić information content (AvgIpc) is 1.59. The van der Waals surface area contributed by atoms with E-state index >= 15 is 0 Å². The van der Waals surface area contributed by atoms with Gasteiger partial charge in [0.2, 0.25) is 0 Å². The summed E-state index contributed by atoms with van der Waals surface area (Å²) in [6.07, 6.45) is 87.0. The van der Waals surface area contributed by atoms with Crippen molar-refractivity contribution in [2.24, 2.45) is 0 Å². The second kappa shape index (κ2) is 54.9. The largest absolute Gasteiger partial charge is 0.321 e. The van der Waals surface area contributed by atoms with Gasteiger partial charge in [0, 0.05) is 22.3 Å². The minimum Gasteiger partial charge on any atom is -0.321 e. The van der Waals surface area contributed by atoms with Gasteiger partial charge in [-0.2, -0.15) is 0 Å². The van der Waals surface area contributed by atoms with Crippen LogP contribution in [0, 0.1) is 0 Å². The van der Waals surface area contributed by atoms with Crippen LogP contribution < -0.4 is 0 Å². The Morgan fingerprint density at radius 3 is 0.586 bits per heavy atom. The summed E-state index contributed by atoms with van der Waals surface area (Å²) < 4.78 is 0. The van der Waals surface area contributed by atoms with Gasteiger partial charge >= 0.3 is 0 Å². The normalized spacial score (nSPS) is 11.9. The summed E-state index contributed by atoms with van der Waals surface area (Å²) in [4.78, 5) is 81.8. The van der Waals surface area contributed by atoms with E-state index in [9.17, 15) is 0 Å². The summed E-state index contributed by atoms with van der Waals surface area (Å²) in [6.45, 7) is 9.19. The van der Waals surface area contributed by atoms with Crippen LogP contribution in [0.1, 0.15) is 410 Å². The Morgan fingerprint density at radius 2 is 0.359 bits per heavy atom. The van der Waals surface area contributed by atoms with Crippen LogP contribution in [0.3, 0.4) is 0 Å². The number of H-pyrrole nitrogens is 2. The molecule has 0 saturated heterocycles. The van der Waals surface area contributed by atoms with E-state index in [-0.39, 0.29) is 0 Å². The predicted octanol–water partition coefficient (Wildman–Crippen LogP) is 32.8. The van der Waals surface area contributed by atoms with E-state index in [0.717, 1.165) is 47.9 Å². The molecular formula is C112H154N16. The van der Waals surface area contributed by atoms with Crippen molar-refractivity contribution in [1.82, 2.24) is 79.7 Å². The maximum absolute atomic E-state index is 5.42. The predicted molar refractivity (Wildman–Crippen MR) is 536 cm³/mol. The molecule has 8 bridgehead atoms. The number of aryl methyl sites for hydroxylation is 4. The highest BCUT2D eigenvalue weighted by atomic mass is 15.1. The first-order valence-electron chi connectivity index (χ1n) is 52.1. The van der Waals surface area contributed by atoms with Crippen LogP contribution in [0.15, 0.2) is 122 Å². The van der Waals surface area contributed by atoms with Crippen molar-refractivity contribution in [2.75, 3.05) is 0 Å². The molecule has 0 aliphatic carbocycles. The minimum atomic E-state index is 0.297. The third-order valence-corrected chi connectivity index (χ3v) is 26.9. The summed E-state index contributed by atoms with van der Waals surface area (Å²) in [6, 6.07) is 35.3. The summed E-state index contributed by atoms with van der Waals surface area (Å²) >= 11 is 0. The zero-order valence-electron chi connectivity index (χ0n) is 79.2. The second-order valence-electron chi connectivity index (χ2n) is 37.6. The average molecular weight is 1720 g/mol. The number of hydrogen-bond donors (Lipinski definition) is 2. The monoisotopic (exact) mass is 1720 g/mol. The Labute approximate surface area is 767 Å². The van der Waals surface area contributed by atoms with Gasteiger partial charge in [0.05, 0.1) is 47.6 Å². The molecule has 11 aromatic rings. The Kier molecular flexibility index (Phi) is 41.2. The second-order valence-corrected chi connectivity index (χ2v) is 37.6. The van der Waals surface area contributed by atoms with Gasteiger partial charge in [0.25, 0.3) is 0 Å². The summed E-state index contributed by atoms with van der Waals surface area (Å²) in [5, 5.41) is 0. The molecule has 2 N–H and O–H groups in total. The lowest BCUT2D eigenvalue weighted by molar-refractivity contribution is 0.535. The minimum absolute atomic E-state index is 0.297. The van der Waals surface area contributed by atoms with Crippen molar-refractivity contribution in [2.45, 2.75) is 413 Å². The van der Waals surface area contributed by atoms with Gasteiger partial charge in [-0.3, -0.25) is 0 Å². The molecule has 0 atom stereocenters. The molecule has 0 spiro atoms. The molecule has 2 aliphatic rings. The van der Waals surface area contributed by atoms with Crippen LogP contribution in [-0.4, -0.2) is 79.7 Å². The highest BCUT2D eigenvalue weighted by Gasteiger charge is 2.28. The van der Waals surface area contributed by atoms with Crippen LogP contribution in [0.2, 0.25) is 0 Å². The highest BCUT2D eigenvalue weighted by Crippen LogP contribution is 2.38. The maximum Gasteiger partial charge on any atom is 0.184 e. The van der Waals surface area contributed by atoms with Crippen LogP contribution >= 0.6 is 0 Å². The van der Waals surface area contributed by atoms with Crippen molar-refractivity contribution in [3.8, 4) is 91.1 Å². The first kappa shape index (κ1) is 96.1.